The van der Waals surface area contributed by atoms with E-state index in [1.165, 1.54) is 55.8 Å². The Hall–Kier alpha value is -13.3. The van der Waals surface area contributed by atoms with Crippen LogP contribution >= 0.6 is 90.9 Å². The Bertz CT molecular complexity index is 6150. The van der Waals surface area contributed by atoms with E-state index in [1.54, 1.807) is 170 Å². The molecule has 6 aromatic carbocycles. The van der Waals surface area contributed by atoms with Crippen molar-refractivity contribution >= 4 is 149 Å². The number of aromatic nitrogens is 17. The summed E-state index contributed by atoms with van der Waals surface area (Å²) < 4.78 is 88.0. The second-order valence-corrected chi connectivity index (χ2v) is 30.7. The van der Waals surface area contributed by atoms with Gasteiger partial charge in [-0.3, -0.25) is 0 Å². The molecule has 5 N–H and O–H groups in total. The highest BCUT2D eigenvalue weighted by Crippen LogP contribution is 2.39. The summed E-state index contributed by atoms with van der Waals surface area (Å²) in [5.41, 5.74) is 7.25. The SMILES string of the molecule is Clc1cccc(Nc2nccc(-c3nccs3)n2)n1.FC(F)(F)c1cccc(-c2cccc(Nc3nccc(-c4nccs4)n3)c2)c1.FC(F)(F)c1ccccc1-c1cccc(Nc2nccc(-c3nccs3)n2)c1.Ic1cccc(Nc2nccc(-c3nccs3)n2)c1.c1cc(Nc2nccc(-c3nccs3)n2)cc(OCCn2cccc2)c1. The fraction of sp³-hybridized carbons (Fsp3) is 0.0476. The largest absolute Gasteiger partial charge is 0.492 e. The van der Waals surface area contributed by atoms with Gasteiger partial charge in [0.1, 0.15) is 76.8 Å². The standard InChI is InChI=1S/2C20H13F3N4S.C19H17N5OS.C13H9IN4S.C12H8ClN5S/c21-20(22,23)15-5-1-3-13(11-15)14-4-2-6-16(12-14)26-19-25-8-7-17(27-19)18-24-9-10-28-18;21-20(22,23)16-7-2-1-6-15(16)13-4-3-5-14(12-13)26-19-25-9-8-17(27-19)18-24-10-11-28-18;1-2-10-24(9-1)11-12-25-16-5-3-4-15(14-16)22-19-21-7-6-17(23-19)18-20-8-13-26-18;14-9-2-1-3-10(8-9)17-13-16-5-4-11(18-13)12-15-6-7-19-12;13-9-2-1-3-10(17-9)18-12-15-5-4-8(16-12)11-14-6-7-19-11/h2*1-12H,(H,25,26,27);1-10,13-14H,11-12H2,(H,21,22,23);1-8H,(H,16,17,18);1-7H,(H,15,16,17,18). The normalized spacial score (nSPS) is 10.9. The molecule has 0 atom stereocenters. The number of hydrogen-bond donors (Lipinski definition) is 5. The second kappa shape index (κ2) is 40.7. The number of thiazole rings is 5. The summed E-state index contributed by atoms with van der Waals surface area (Å²) in [6.45, 7) is 1.41. The number of rotatable bonds is 21. The van der Waals surface area contributed by atoms with E-state index in [0.717, 1.165) is 84.0 Å². The van der Waals surface area contributed by atoms with Crippen molar-refractivity contribution in [2.75, 3.05) is 33.2 Å². The molecule has 0 aliphatic rings. The summed E-state index contributed by atoms with van der Waals surface area (Å²) >= 11 is 15.7. The van der Waals surface area contributed by atoms with Crippen LogP contribution in [0, 0.1) is 3.57 Å². The minimum absolute atomic E-state index is 0.121. The maximum atomic E-state index is 13.3. The third-order valence-corrected chi connectivity index (χ3v) is 21.1. The van der Waals surface area contributed by atoms with Gasteiger partial charge in [0, 0.05) is 134 Å². The Kier molecular flexibility index (Phi) is 28.2. The molecule has 0 fully saturated rings. The molecule has 120 heavy (non-hydrogen) atoms. The Morgan fingerprint density at radius 2 is 0.742 bits per heavy atom. The van der Waals surface area contributed by atoms with Gasteiger partial charge >= 0.3 is 12.4 Å². The van der Waals surface area contributed by atoms with Gasteiger partial charge in [0.15, 0.2) is 0 Å². The van der Waals surface area contributed by atoms with Crippen LogP contribution < -0.4 is 31.3 Å². The topological polar surface area (TPSA) is 281 Å². The average molecular weight is 1830 g/mol. The predicted molar refractivity (Wildman–Crippen MR) is 471 cm³/mol. The van der Waals surface area contributed by atoms with Crippen molar-refractivity contribution in [1.29, 1.82) is 0 Å². The quantitative estimate of drug-likeness (QED) is 0.0254. The summed E-state index contributed by atoms with van der Waals surface area (Å²) in [4.78, 5) is 68.6. The summed E-state index contributed by atoms with van der Waals surface area (Å²) in [5, 5.41) is 29.6. The highest BCUT2D eigenvalue weighted by atomic mass is 127. The van der Waals surface area contributed by atoms with Gasteiger partial charge in [0.05, 0.1) is 17.7 Å². The average Bonchev–Trinajstić information content (AvgIpc) is 1.35. The molecule has 23 nitrogen and oxygen atoms in total. The van der Waals surface area contributed by atoms with Crippen LogP contribution in [0.4, 0.5) is 84.7 Å². The molecule has 18 rings (SSSR count). The van der Waals surface area contributed by atoms with Crippen LogP contribution in [-0.2, 0) is 18.9 Å². The van der Waals surface area contributed by atoms with Gasteiger partial charge in [-0.25, -0.2) is 79.7 Å². The molecule has 12 heterocycles. The van der Waals surface area contributed by atoms with E-state index in [1.807, 2.05) is 124 Å². The van der Waals surface area contributed by atoms with Gasteiger partial charge < -0.3 is 35.9 Å². The summed E-state index contributed by atoms with van der Waals surface area (Å²) in [5.74, 6) is 3.70. The van der Waals surface area contributed by atoms with Crippen LogP contribution in [0.2, 0.25) is 5.15 Å². The zero-order chi connectivity index (χ0) is 82.9. The lowest BCUT2D eigenvalue weighted by molar-refractivity contribution is -0.138. The molecule has 0 unspecified atom stereocenters. The van der Waals surface area contributed by atoms with Gasteiger partial charge in [-0.05, 0) is 172 Å². The number of nitrogens with one attached hydrogen (secondary N) is 5. The smallest absolute Gasteiger partial charge is 0.417 e. The zero-order valence-corrected chi connectivity index (χ0v) is 68.9. The molecular weight excluding hydrogens is 1770 g/mol. The van der Waals surface area contributed by atoms with Crippen molar-refractivity contribution in [3.63, 3.8) is 0 Å². The lowest BCUT2D eigenvalue weighted by Gasteiger charge is -2.14. The van der Waals surface area contributed by atoms with Crippen LogP contribution in [0.1, 0.15) is 11.1 Å². The summed E-state index contributed by atoms with van der Waals surface area (Å²) in [7, 11) is 0. The number of anilines is 10. The van der Waals surface area contributed by atoms with E-state index in [-0.39, 0.29) is 5.56 Å². The summed E-state index contributed by atoms with van der Waals surface area (Å²) in [6, 6.07) is 58.8. The van der Waals surface area contributed by atoms with Gasteiger partial charge in [-0.2, -0.15) is 26.3 Å². The van der Waals surface area contributed by atoms with Gasteiger partial charge in [0.2, 0.25) is 29.7 Å². The number of hydrogen-bond acceptors (Lipinski definition) is 27. The molecule has 0 bridgehead atoms. The van der Waals surface area contributed by atoms with E-state index in [2.05, 4.69) is 133 Å². The van der Waals surface area contributed by atoms with Crippen molar-refractivity contribution in [1.82, 2.24) is 84.3 Å². The zero-order valence-electron chi connectivity index (χ0n) is 61.9. The Morgan fingerprint density at radius 1 is 0.350 bits per heavy atom. The minimum Gasteiger partial charge on any atom is -0.492 e. The maximum Gasteiger partial charge on any atom is 0.417 e. The highest BCUT2D eigenvalue weighted by Gasteiger charge is 2.34. The fourth-order valence-corrected chi connectivity index (χ4v) is 14.7. The molecule has 0 aliphatic heterocycles. The van der Waals surface area contributed by atoms with Crippen molar-refractivity contribution in [3.8, 4) is 81.5 Å². The maximum absolute atomic E-state index is 13.3. The molecule has 0 saturated heterocycles. The molecule has 0 aliphatic carbocycles. The van der Waals surface area contributed by atoms with Crippen molar-refractivity contribution in [2.24, 2.45) is 0 Å². The van der Waals surface area contributed by atoms with E-state index in [0.29, 0.717) is 86.8 Å². The number of benzene rings is 6. The first-order valence-electron chi connectivity index (χ1n) is 35.7. The first-order valence-corrected chi connectivity index (χ1v) is 41.6. The van der Waals surface area contributed by atoms with E-state index < -0.39 is 23.5 Å². The van der Waals surface area contributed by atoms with Crippen molar-refractivity contribution in [3.05, 3.63) is 327 Å². The van der Waals surface area contributed by atoms with Crippen molar-refractivity contribution < 1.29 is 31.1 Å². The lowest BCUT2D eigenvalue weighted by Crippen LogP contribution is -2.07. The molecule has 12 aromatic heterocycles. The Morgan fingerprint density at radius 3 is 1.18 bits per heavy atom. The Labute approximate surface area is 719 Å². The first kappa shape index (κ1) is 83.2. The number of nitrogens with zero attached hydrogens (tertiary/aromatic N) is 17. The monoisotopic (exact) mass is 1830 g/mol. The van der Waals surface area contributed by atoms with Crippen LogP contribution in [0.25, 0.3) is 75.8 Å². The van der Waals surface area contributed by atoms with Crippen LogP contribution in [-0.4, -0.2) is 90.9 Å². The fourth-order valence-electron chi connectivity index (χ4n) is 11.0. The number of halogens is 8. The van der Waals surface area contributed by atoms with Gasteiger partial charge in [-0.1, -0.05) is 84.4 Å². The first-order chi connectivity index (χ1) is 58.5. The molecule has 0 amide bonds. The van der Waals surface area contributed by atoms with Crippen LogP contribution in [0.5, 0.6) is 5.75 Å². The highest BCUT2D eigenvalue weighted by molar-refractivity contribution is 14.1. The molecule has 0 saturated carbocycles. The lowest BCUT2D eigenvalue weighted by atomic mass is 9.99. The molecule has 18 aromatic rings. The third-order valence-electron chi connectivity index (χ3n) is 16.2. The second-order valence-electron chi connectivity index (χ2n) is 24.6. The molecule has 36 heteroatoms. The van der Waals surface area contributed by atoms with E-state index in [4.69, 9.17) is 16.3 Å². The molecule has 598 valence electrons. The minimum atomic E-state index is -4.43. The Balaban J connectivity index is 0.000000124. The van der Waals surface area contributed by atoms with Crippen LogP contribution in [0.15, 0.2) is 308 Å². The van der Waals surface area contributed by atoms with Crippen molar-refractivity contribution in [2.45, 2.75) is 18.9 Å². The predicted octanol–water partition coefficient (Wildman–Crippen LogP) is 23.6. The van der Waals surface area contributed by atoms with E-state index >= 15 is 0 Å². The summed E-state index contributed by atoms with van der Waals surface area (Å²) in [6.07, 6.45) is 12.3. The van der Waals surface area contributed by atoms with Gasteiger partial charge in [0.25, 0.3) is 0 Å². The van der Waals surface area contributed by atoms with Crippen LogP contribution in [0.3, 0.4) is 0 Å². The van der Waals surface area contributed by atoms with Gasteiger partial charge in [-0.15, -0.1) is 56.7 Å². The number of alkyl halides is 6. The number of pyridine rings is 1. The van der Waals surface area contributed by atoms with E-state index in [9.17, 15) is 26.3 Å². The number of ether oxygens (including phenoxy) is 1. The third kappa shape index (κ3) is 24.2. The molecule has 0 radical (unpaired) electrons. The molecular formula is C84H60ClF6IN22OS5. The molecule has 0 spiro atoms.